The minimum absolute atomic E-state index is 0.0159. The van der Waals surface area contributed by atoms with E-state index in [-0.39, 0.29) is 17.7 Å². The summed E-state index contributed by atoms with van der Waals surface area (Å²) in [6.45, 7) is 3.16. The lowest BCUT2D eigenvalue weighted by Crippen LogP contribution is -2.41. The second kappa shape index (κ2) is 8.36. The Morgan fingerprint density at radius 3 is 2.38 bits per heavy atom. The van der Waals surface area contributed by atoms with E-state index in [0.717, 1.165) is 10.5 Å². The number of nitrogens with zero attached hydrogens (tertiary/aromatic N) is 2. The average Bonchev–Trinajstić information content (AvgIpc) is 2.69. The maximum absolute atomic E-state index is 12.6. The monoisotopic (exact) mass is 369 g/mol. The van der Waals surface area contributed by atoms with E-state index in [1.807, 2.05) is 54.5 Å². The molecule has 1 N–H and O–H groups in total. The standard InChI is InChI=1S/C20H23N3O2S/c1-14-3-8-18(21-13-14)22-19(24)15-9-11-23(12-10-15)20(25)16-4-6-17(26-2)7-5-16/h3-8,13,15H,9-12H2,1-2H3,(H,21,22,24). The summed E-state index contributed by atoms with van der Waals surface area (Å²) in [5.74, 6) is 0.517. The van der Waals surface area contributed by atoms with Crippen molar-refractivity contribution in [3.63, 3.8) is 0 Å². The number of likely N-dealkylation sites (tertiary alicyclic amines) is 1. The van der Waals surface area contributed by atoms with Crippen molar-refractivity contribution in [1.29, 1.82) is 0 Å². The van der Waals surface area contributed by atoms with E-state index in [9.17, 15) is 9.59 Å². The highest BCUT2D eigenvalue weighted by Gasteiger charge is 2.28. The molecule has 0 spiro atoms. The summed E-state index contributed by atoms with van der Waals surface area (Å²) in [6.07, 6.45) is 5.09. The Hall–Kier alpha value is -2.34. The van der Waals surface area contributed by atoms with Gasteiger partial charge >= 0.3 is 0 Å². The summed E-state index contributed by atoms with van der Waals surface area (Å²) >= 11 is 1.66. The first-order chi connectivity index (χ1) is 12.6. The molecular formula is C20H23N3O2S. The molecule has 0 unspecified atom stereocenters. The van der Waals surface area contributed by atoms with Gasteiger partial charge in [-0.15, -0.1) is 11.8 Å². The van der Waals surface area contributed by atoms with Gasteiger partial charge in [-0.3, -0.25) is 9.59 Å². The number of carbonyl (C=O) groups is 2. The lowest BCUT2D eigenvalue weighted by molar-refractivity contribution is -0.121. The summed E-state index contributed by atoms with van der Waals surface area (Å²) in [6, 6.07) is 11.4. The van der Waals surface area contributed by atoms with Crippen molar-refractivity contribution in [2.75, 3.05) is 24.7 Å². The molecule has 2 heterocycles. The van der Waals surface area contributed by atoms with Crippen LogP contribution < -0.4 is 5.32 Å². The highest BCUT2D eigenvalue weighted by atomic mass is 32.2. The van der Waals surface area contributed by atoms with Crippen LogP contribution in [0.5, 0.6) is 0 Å². The molecule has 1 saturated heterocycles. The zero-order valence-electron chi connectivity index (χ0n) is 15.1. The number of benzene rings is 1. The smallest absolute Gasteiger partial charge is 0.253 e. The fourth-order valence-corrected chi connectivity index (χ4v) is 3.44. The molecule has 1 aliphatic rings. The Morgan fingerprint density at radius 2 is 1.81 bits per heavy atom. The summed E-state index contributed by atoms with van der Waals surface area (Å²) in [7, 11) is 0. The molecule has 1 fully saturated rings. The Kier molecular flexibility index (Phi) is 5.93. The van der Waals surface area contributed by atoms with Crippen LogP contribution in [-0.4, -0.2) is 41.0 Å². The number of aryl methyl sites for hydroxylation is 1. The molecule has 0 aliphatic carbocycles. The molecule has 6 heteroatoms. The van der Waals surface area contributed by atoms with Crippen LogP contribution in [0.15, 0.2) is 47.5 Å². The average molecular weight is 369 g/mol. The van der Waals surface area contributed by atoms with Gasteiger partial charge in [0.2, 0.25) is 5.91 Å². The summed E-state index contributed by atoms with van der Waals surface area (Å²) in [4.78, 5) is 32.2. The molecule has 0 radical (unpaired) electrons. The molecule has 26 heavy (non-hydrogen) atoms. The second-order valence-corrected chi connectivity index (χ2v) is 7.38. The molecule has 136 valence electrons. The van der Waals surface area contributed by atoms with Gasteiger partial charge in [0.05, 0.1) is 0 Å². The Labute approximate surface area is 158 Å². The van der Waals surface area contributed by atoms with Crippen LogP contribution in [-0.2, 0) is 4.79 Å². The number of hydrogen-bond acceptors (Lipinski definition) is 4. The number of piperidine rings is 1. The number of amides is 2. The van der Waals surface area contributed by atoms with Crippen molar-refractivity contribution in [2.24, 2.45) is 5.92 Å². The number of aromatic nitrogens is 1. The van der Waals surface area contributed by atoms with Crippen molar-refractivity contribution < 1.29 is 9.59 Å². The van der Waals surface area contributed by atoms with Gasteiger partial charge in [0.25, 0.3) is 5.91 Å². The molecule has 5 nitrogen and oxygen atoms in total. The molecule has 0 saturated carbocycles. The van der Waals surface area contributed by atoms with Crippen LogP contribution in [0.2, 0.25) is 0 Å². The lowest BCUT2D eigenvalue weighted by atomic mass is 9.95. The topological polar surface area (TPSA) is 62.3 Å². The molecule has 0 atom stereocenters. The molecule has 1 aromatic carbocycles. The predicted octanol–water partition coefficient (Wildman–Crippen LogP) is 3.60. The van der Waals surface area contributed by atoms with Gasteiger partial charge in [-0.05, 0) is 61.9 Å². The molecular weight excluding hydrogens is 346 g/mol. The molecule has 2 amide bonds. The van der Waals surface area contributed by atoms with Crippen LogP contribution in [0.1, 0.15) is 28.8 Å². The third-order valence-corrected chi connectivity index (χ3v) is 5.40. The van der Waals surface area contributed by atoms with E-state index >= 15 is 0 Å². The van der Waals surface area contributed by atoms with E-state index in [1.165, 1.54) is 0 Å². The highest BCUT2D eigenvalue weighted by Crippen LogP contribution is 2.22. The normalized spacial score (nSPS) is 14.9. The molecule has 1 aliphatic heterocycles. The van der Waals surface area contributed by atoms with E-state index in [2.05, 4.69) is 10.3 Å². The third kappa shape index (κ3) is 4.43. The van der Waals surface area contributed by atoms with Crippen LogP contribution in [0.4, 0.5) is 5.82 Å². The lowest BCUT2D eigenvalue weighted by Gasteiger charge is -2.31. The second-order valence-electron chi connectivity index (χ2n) is 6.51. The van der Waals surface area contributed by atoms with E-state index in [1.54, 1.807) is 18.0 Å². The Bertz CT molecular complexity index is 767. The van der Waals surface area contributed by atoms with Crippen molar-refractivity contribution in [2.45, 2.75) is 24.7 Å². The summed E-state index contributed by atoms with van der Waals surface area (Å²) < 4.78 is 0. The van der Waals surface area contributed by atoms with Crippen molar-refractivity contribution >= 4 is 29.4 Å². The van der Waals surface area contributed by atoms with Crippen molar-refractivity contribution in [1.82, 2.24) is 9.88 Å². The Morgan fingerprint density at radius 1 is 1.12 bits per heavy atom. The van der Waals surface area contributed by atoms with Gasteiger partial charge in [-0.2, -0.15) is 0 Å². The van der Waals surface area contributed by atoms with E-state index in [4.69, 9.17) is 0 Å². The minimum Gasteiger partial charge on any atom is -0.339 e. The van der Waals surface area contributed by atoms with Gasteiger partial charge in [0.1, 0.15) is 5.82 Å². The van der Waals surface area contributed by atoms with E-state index in [0.29, 0.717) is 37.3 Å². The van der Waals surface area contributed by atoms with Gasteiger partial charge in [0, 0.05) is 35.7 Å². The number of carbonyl (C=O) groups excluding carboxylic acids is 2. The predicted molar refractivity (Wildman–Crippen MR) is 104 cm³/mol. The fraction of sp³-hybridized carbons (Fsp3) is 0.350. The number of anilines is 1. The Balaban J connectivity index is 1.53. The number of rotatable bonds is 4. The molecule has 0 bridgehead atoms. The highest BCUT2D eigenvalue weighted by molar-refractivity contribution is 7.98. The van der Waals surface area contributed by atoms with Gasteiger partial charge in [-0.1, -0.05) is 6.07 Å². The maximum Gasteiger partial charge on any atom is 0.253 e. The minimum atomic E-state index is -0.0824. The first-order valence-electron chi connectivity index (χ1n) is 8.73. The van der Waals surface area contributed by atoms with Gasteiger partial charge < -0.3 is 10.2 Å². The number of hydrogen-bond donors (Lipinski definition) is 1. The van der Waals surface area contributed by atoms with Crippen molar-refractivity contribution in [3.8, 4) is 0 Å². The van der Waals surface area contributed by atoms with E-state index < -0.39 is 0 Å². The molecule has 2 aromatic rings. The molecule has 3 rings (SSSR count). The quantitative estimate of drug-likeness (QED) is 0.837. The first kappa shape index (κ1) is 18.5. The van der Waals surface area contributed by atoms with Gasteiger partial charge in [-0.25, -0.2) is 4.98 Å². The SMILES string of the molecule is CSc1ccc(C(=O)N2CCC(C(=O)Nc3ccc(C)cn3)CC2)cc1. The zero-order valence-corrected chi connectivity index (χ0v) is 15.9. The largest absolute Gasteiger partial charge is 0.339 e. The van der Waals surface area contributed by atoms with Crippen LogP contribution in [0.3, 0.4) is 0 Å². The molecule has 1 aromatic heterocycles. The fourth-order valence-electron chi connectivity index (χ4n) is 3.03. The van der Waals surface area contributed by atoms with Crippen LogP contribution >= 0.6 is 11.8 Å². The zero-order chi connectivity index (χ0) is 18.5. The maximum atomic E-state index is 12.6. The number of pyridine rings is 1. The number of nitrogens with one attached hydrogen (secondary N) is 1. The summed E-state index contributed by atoms with van der Waals surface area (Å²) in [5.41, 5.74) is 1.76. The van der Waals surface area contributed by atoms with Crippen LogP contribution in [0.25, 0.3) is 0 Å². The first-order valence-corrected chi connectivity index (χ1v) is 9.96. The van der Waals surface area contributed by atoms with Crippen LogP contribution in [0, 0.1) is 12.8 Å². The third-order valence-electron chi connectivity index (χ3n) is 4.65. The van der Waals surface area contributed by atoms with Crippen molar-refractivity contribution in [3.05, 3.63) is 53.7 Å². The van der Waals surface area contributed by atoms with Gasteiger partial charge in [0.15, 0.2) is 0 Å². The summed E-state index contributed by atoms with van der Waals surface area (Å²) in [5, 5.41) is 2.87. The number of thioether (sulfide) groups is 1.